The lowest BCUT2D eigenvalue weighted by atomic mass is 10.2. The Labute approximate surface area is 173 Å². The van der Waals surface area contributed by atoms with Crippen LogP contribution in [0.4, 0.5) is 13.2 Å². The molecule has 1 aliphatic heterocycles. The largest absolute Gasteiger partial charge is 0.490 e. The van der Waals surface area contributed by atoms with Crippen LogP contribution in [0.2, 0.25) is 0 Å². The van der Waals surface area contributed by atoms with Crippen molar-refractivity contribution in [3.63, 3.8) is 0 Å². The molecule has 0 fully saturated rings. The number of alkyl halides is 3. The number of imidazole rings is 1. The second-order valence-electron chi connectivity index (χ2n) is 6.55. The molecule has 0 saturated heterocycles. The van der Waals surface area contributed by atoms with Crippen molar-refractivity contribution >= 4 is 23.2 Å². The van der Waals surface area contributed by atoms with Crippen LogP contribution in [0.1, 0.15) is 20.4 Å². The summed E-state index contributed by atoms with van der Waals surface area (Å²) in [6, 6.07) is 3.90. The summed E-state index contributed by atoms with van der Waals surface area (Å²) in [6.45, 7) is 4.03. The van der Waals surface area contributed by atoms with E-state index in [0.29, 0.717) is 13.1 Å². The molecule has 0 radical (unpaired) electrons. The average molecular weight is 441 g/mol. The van der Waals surface area contributed by atoms with E-state index in [1.165, 1.54) is 0 Å². The summed E-state index contributed by atoms with van der Waals surface area (Å²) in [4.78, 5) is 29.8. The van der Waals surface area contributed by atoms with Gasteiger partial charge >= 0.3 is 12.1 Å². The third-order valence-electron chi connectivity index (χ3n) is 4.35. The normalized spacial score (nSPS) is 13.4. The molecule has 0 aromatic carbocycles. The highest BCUT2D eigenvalue weighted by atomic mass is 32.1. The highest BCUT2D eigenvalue weighted by Crippen LogP contribution is 2.25. The Balaban J connectivity index is 0.000000318. The smallest absolute Gasteiger partial charge is 0.475 e. The molecule has 1 aliphatic rings. The van der Waals surface area contributed by atoms with Crippen molar-refractivity contribution in [3.8, 4) is 11.3 Å². The van der Waals surface area contributed by atoms with Crippen LogP contribution < -0.4 is 0 Å². The molecule has 0 aliphatic carbocycles. The molecular formula is C18H18F3N5O3S. The summed E-state index contributed by atoms with van der Waals surface area (Å²) >= 11 is 1.55. The van der Waals surface area contributed by atoms with Gasteiger partial charge in [-0.2, -0.15) is 18.3 Å². The minimum Gasteiger partial charge on any atom is -0.475 e. The van der Waals surface area contributed by atoms with Crippen LogP contribution >= 0.6 is 11.3 Å². The number of carboxylic acid groups (broad SMARTS) is 1. The number of nitrogens with zero attached hydrogens (tertiary/aromatic N) is 5. The van der Waals surface area contributed by atoms with E-state index in [1.54, 1.807) is 16.0 Å². The first-order valence-corrected chi connectivity index (χ1v) is 9.57. The molecule has 0 saturated carbocycles. The van der Waals surface area contributed by atoms with E-state index < -0.39 is 12.1 Å². The number of fused-ring (bicyclic) bond motifs is 1. The van der Waals surface area contributed by atoms with Crippen LogP contribution in [0.3, 0.4) is 0 Å². The van der Waals surface area contributed by atoms with Gasteiger partial charge in [0.1, 0.15) is 5.82 Å². The fourth-order valence-electron chi connectivity index (χ4n) is 2.92. The van der Waals surface area contributed by atoms with Gasteiger partial charge in [0, 0.05) is 36.8 Å². The van der Waals surface area contributed by atoms with Crippen molar-refractivity contribution in [3.05, 3.63) is 46.3 Å². The van der Waals surface area contributed by atoms with E-state index >= 15 is 0 Å². The van der Waals surface area contributed by atoms with Crippen molar-refractivity contribution < 1.29 is 27.9 Å². The van der Waals surface area contributed by atoms with Crippen LogP contribution in [-0.2, 0) is 24.9 Å². The van der Waals surface area contributed by atoms with E-state index in [9.17, 15) is 18.0 Å². The third-order valence-corrected chi connectivity index (χ3v) is 5.33. The summed E-state index contributed by atoms with van der Waals surface area (Å²) < 4.78 is 35.7. The quantitative estimate of drug-likeness (QED) is 0.660. The maximum absolute atomic E-state index is 12.6. The number of carbonyl (C=O) groups excluding carboxylic acids is 1. The Hall–Kier alpha value is -3.15. The predicted molar refractivity (Wildman–Crippen MR) is 102 cm³/mol. The summed E-state index contributed by atoms with van der Waals surface area (Å²) in [5.41, 5.74) is 2.12. The number of aliphatic carboxylic acids is 1. The molecule has 3 aromatic rings. The SMILES string of the molecule is Cc1ccc(C(=O)N2CCn3c(-c4cnn(C)c4)cnc3C2)s1.O=C(O)C(F)(F)F. The molecule has 30 heavy (non-hydrogen) atoms. The minimum absolute atomic E-state index is 0.0975. The van der Waals surface area contributed by atoms with E-state index in [-0.39, 0.29) is 5.91 Å². The van der Waals surface area contributed by atoms with Crippen molar-refractivity contribution in [1.82, 2.24) is 24.2 Å². The lowest BCUT2D eigenvalue weighted by Crippen LogP contribution is -2.38. The van der Waals surface area contributed by atoms with Gasteiger partial charge in [0.25, 0.3) is 5.91 Å². The first-order chi connectivity index (χ1) is 14.1. The van der Waals surface area contributed by atoms with Crippen LogP contribution in [0.25, 0.3) is 11.3 Å². The van der Waals surface area contributed by atoms with Gasteiger partial charge in [0.15, 0.2) is 0 Å². The molecular weight excluding hydrogens is 423 g/mol. The summed E-state index contributed by atoms with van der Waals surface area (Å²) in [6.07, 6.45) is 0.613. The number of hydrogen-bond donors (Lipinski definition) is 1. The Morgan fingerprint density at radius 3 is 2.43 bits per heavy atom. The maximum Gasteiger partial charge on any atom is 0.490 e. The van der Waals surface area contributed by atoms with E-state index in [2.05, 4.69) is 14.6 Å². The molecule has 1 N–H and O–H groups in total. The van der Waals surface area contributed by atoms with Crippen LogP contribution in [0, 0.1) is 6.92 Å². The van der Waals surface area contributed by atoms with Crippen LogP contribution in [0.5, 0.6) is 0 Å². The number of carbonyl (C=O) groups is 2. The summed E-state index contributed by atoms with van der Waals surface area (Å²) in [5, 5.41) is 11.3. The van der Waals surface area contributed by atoms with Gasteiger partial charge in [-0.25, -0.2) is 9.78 Å². The van der Waals surface area contributed by atoms with E-state index in [0.717, 1.165) is 33.4 Å². The molecule has 4 rings (SSSR count). The van der Waals surface area contributed by atoms with Crippen molar-refractivity contribution in [2.75, 3.05) is 6.54 Å². The highest BCUT2D eigenvalue weighted by Gasteiger charge is 2.38. The average Bonchev–Trinajstić information content (AvgIpc) is 3.39. The van der Waals surface area contributed by atoms with Crippen LogP contribution in [0.15, 0.2) is 30.7 Å². The zero-order chi connectivity index (χ0) is 22.1. The standard InChI is InChI=1S/C16H17N5OS.C2HF3O2/c1-11-3-4-14(23-11)16(22)20-5-6-21-13(8-17-15(21)10-20)12-7-18-19(2)9-12;3-2(4,5)1(6)7/h3-4,7-9H,5-6,10H2,1-2H3;(H,6,7). The number of rotatable bonds is 2. The van der Waals surface area contributed by atoms with Gasteiger partial charge in [-0.05, 0) is 19.1 Å². The van der Waals surface area contributed by atoms with Gasteiger partial charge in [0.2, 0.25) is 0 Å². The molecule has 12 heteroatoms. The van der Waals surface area contributed by atoms with Crippen molar-refractivity contribution in [2.24, 2.45) is 7.05 Å². The summed E-state index contributed by atoms with van der Waals surface area (Å²) in [7, 11) is 1.90. The van der Waals surface area contributed by atoms with Gasteiger partial charge < -0.3 is 14.6 Å². The number of aromatic nitrogens is 4. The zero-order valence-corrected chi connectivity index (χ0v) is 16.9. The third kappa shape index (κ3) is 4.70. The van der Waals surface area contributed by atoms with Gasteiger partial charge in [-0.1, -0.05) is 0 Å². The lowest BCUT2D eigenvalue weighted by Gasteiger charge is -2.28. The number of carboxylic acids is 1. The number of aryl methyl sites for hydroxylation is 2. The fourth-order valence-corrected chi connectivity index (χ4v) is 3.76. The number of halogens is 3. The first-order valence-electron chi connectivity index (χ1n) is 8.75. The Bertz CT molecular complexity index is 1070. The van der Waals surface area contributed by atoms with Crippen molar-refractivity contribution in [1.29, 1.82) is 0 Å². The van der Waals surface area contributed by atoms with Gasteiger partial charge in [0.05, 0.1) is 29.5 Å². The second kappa shape index (κ2) is 8.30. The van der Waals surface area contributed by atoms with Crippen molar-refractivity contribution in [2.45, 2.75) is 26.2 Å². The lowest BCUT2D eigenvalue weighted by molar-refractivity contribution is -0.192. The molecule has 1 amide bonds. The van der Waals surface area contributed by atoms with Crippen LogP contribution in [-0.4, -0.2) is 53.9 Å². The first kappa shape index (κ1) is 21.6. The predicted octanol–water partition coefficient (Wildman–Crippen LogP) is 2.94. The number of hydrogen-bond acceptors (Lipinski definition) is 5. The molecule has 4 heterocycles. The van der Waals surface area contributed by atoms with Gasteiger partial charge in [-0.3, -0.25) is 9.48 Å². The summed E-state index contributed by atoms with van der Waals surface area (Å²) in [5.74, 6) is -1.73. The number of thiophene rings is 1. The topological polar surface area (TPSA) is 93.3 Å². The van der Waals surface area contributed by atoms with Gasteiger partial charge in [-0.15, -0.1) is 11.3 Å². The molecule has 160 valence electrons. The maximum atomic E-state index is 12.6. The Kier molecular flexibility index (Phi) is 5.97. The molecule has 0 unspecified atom stereocenters. The zero-order valence-electron chi connectivity index (χ0n) is 16.0. The minimum atomic E-state index is -5.08. The monoisotopic (exact) mass is 441 g/mol. The molecule has 3 aromatic heterocycles. The fraction of sp³-hybridized carbons (Fsp3) is 0.333. The highest BCUT2D eigenvalue weighted by molar-refractivity contribution is 7.13. The Morgan fingerprint density at radius 2 is 1.90 bits per heavy atom. The van der Waals surface area contributed by atoms with E-state index in [4.69, 9.17) is 9.90 Å². The molecule has 0 bridgehead atoms. The molecule has 0 atom stereocenters. The Morgan fingerprint density at radius 1 is 1.20 bits per heavy atom. The number of amides is 1. The second-order valence-corrected chi connectivity index (χ2v) is 7.84. The molecule has 0 spiro atoms. The molecule has 8 nitrogen and oxygen atoms in total. The van der Waals surface area contributed by atoms with E-state index in [1.807, 2.05) is 49.6 Å².